The molecule has 1 atom stereocenters. The normalized spacial score (nSPS) is 23.5. The molecular weight excluding hydrogens is 533 g/mol. The molecule has 41 heavy (non-hydrogen) atoms. The van der Waals surface area contributed by atoms with E-state index in [4.69, 9.17) is 4.74 Å². The van der Waals surface area contributed by atoms with Crippen molar-refractivity contribution in [2.75, 3.05) is 51.3 Å². The van der Waals surface area contributed by atoms with Gasteiger partial charge in [-0.2, -0.15) is 0 Å². The second-order valence-electron chi connectivity index (χ2n) is 12.7. The van der Waals surface area contributed by atoms with Crippen LogP contribution in [0.4, 0.5) is 18.9 Å². The molecular formula is C31H41F3N4O3. The third kappa shape index (κ3) is 6.04. The summed E-state index contributed by atoms with van der Waals surface area (Å²) >= 11 is 0. The number of amides is 2. The van der Waals surface area contributed by atoms with Crippen molar-refractivity contribution in [1.29, 1.82) is 0 Å². The lowest BCUT2D eigenvalue weighted by Crippen LogP contribution is -2.73. The van der Waals surface area contributed by atoms with Crippen LogP contribution in [0.15, 0.2) is 41.6 Å². The van der Waals surface area contributed by atoms with Crippen LogP contribution in [0.2, 0.25) is 0 Å². The van der Waals surface area contributed by atoms with Gasteiger partial charge in [0.15, 0.2) is 0 Å². The Morgan fingerprint density at radius 1 is 1.12 bits per heavy atom. The summed E-state index contributed by atoms with van der Waals surface area (Å²) in [6.45, 7) is 14.3. The summed E-state index contributed by atoms with van der Waals surface area (Å²) in [6, 6.07) is 4.51. The topological polar surface area (TPSA) is 73.9 Å². The third-order valence-corrected chi connectivity index (χ3v) is 9.19. The van der Waals surface area contributed by atoms with Gasteiger partial charge in [0.1, 0.15) is 11.5 Å². The molecule has 3 aliphatic heterocycles. The third-order valence-electron chi connectivity index (χ3n) is 9.19. The number of allylic oxidation sites excluding steroid dienone is 1. The predicted molar refractivity (Wildman–Crippen MR) is 151 cm³/mol. The van der Waals surface area contributed by atoms with Gasteiger partial charge in [-0.15, -0.1) is 0 Å². The molecule has 1 aromatic rings. The number of aryl methyl sites for hydroxylation is 1. The lowest BCUT2D eigenvalue weighted by molar-refractivity contribution is -0.206. The Morgan fingerprint density at radius 2 is 1.78 bits per heavy atom. The van der Waals surface area contributed by atoms with Crippen LogP contribution in [0.25, 0.3) is 0 Å². The van der Waals surface area contributed by atoms with Crippen molar-refractivity contribution in [3.8, 4) is 0 Å². The number of anilines is 1. The smallest absolute Gasteiger partial charge is 0.271 e. The Morgan fingerprint density at radius 3 is 2.34 bits per heavy atom. The number of likely N-dealkylation sites (tertiary alicyclic amines) is 2. The SMILES string of the molecule is C=C(C(=O)NC1(CN2CC3(COC3)C2)CC(F)(F)C1)C(C)/C(C)=C(/C(=O)Nc1ccc(F)c(CC)c1)N1CCCC1. The number of hydrogen-bond donors (Lipinski definition) is 2. The highest BCUT2D eigenvalue weighted by Gasteiger charge is 2.60. The first kappa shape index (κ1) is 29.6. The molecule has 1 aromatic carbocycles. The van der Waals surface area contributed by atoms with Crippen molar-refractivity contribution in [3.63, 3.8) is 0 Å². The second-order valence-corrected chi connectivity index (χ2v) is 12.7. The Kier molecular flexibility index (Phi) is 8.02. The molecule has 0 radical (unpaired) electrons. The fraction of sp³-hybridized carbons (Fsp3) is 0.613. The predicted octanol–water partition coefficient (Wildman–Crippen LogP) is 4.51. The lowest BCUT2D eigenvalue weighted by atomic mass is 9.70. The Hall–Kier alpha value is -2.85. The lowest BCUT2D eigenvalue weighted by Gasteiger charge is -2.59. The number of ether oxygens (including phenoxy) is 1. The number of nitrogens with one attached hydrogen (secondary N) is 2. The van der Waals surface area contributed by atoms with E-state index in [1.54, 1.807) is 6.07 Å². The number of carbonyl (C=O) groups is 2. The minimum Gasteiger partial charge on any atom is -0.380 e. The van der Waals surface area contributed by atoms with Crippen LogP contribution in [0.3, 0.4) is 0 Å². The van der Waals surface area contributed by atoms with E-state index in [-0.39, 0.29) is 22.7 Å². The fourth-order valence-corrected chi connectivity index (χ4v) is 6.80. The number of nitrogens with zero attached hydrogens (tertiary/aromatic N) is 2. The van der Waals surface area contributed by atoms with Crippen LogP contribution in [-0.4, -0.2) is 79.0 Å². The van der Waals surface area contributed by atoms with E-state index in [2.05, 4.69) is 22.1 Å². The van der Waals surface area contributed by atoms with Gasteiger partial charge in [0.2, 0.25) is 5.91 Å². The van der Waals surface area contributed by atoms with Crippen molar-refractivity contribution in [3.05, 3.63) is 53.0 Å². The van der Waals surface area contributed by atoms with E-state index in [9.17, 15) is 22.8 Å². The number of carbonyl (C=O) groups excluding carboxylic acids is 2. The van der Waals surface area contributed by atoms with Crippen LogP contribution in [-0.2, 0) is 20.7 Å². The van der Waals surface area contributed by atoms with E-state index < -0.39 is 36.1 Å². The molecule has 1 saturated carbocycles. The van der Waals surface area contributed by atoms with E-state index >= 15 is 0 Å². The summed E-state index contributed by atoms with van der Waals surface area (Å²) in [7, 11) is 0. The van der Waals surface area contributed by atoms with Crippen LogP contribution in [0, 0.1) is 17.2 Å². The molecule has 1 aliphatic carbocycles. The number of halogens is 3. The zero-order valence-corrected chi connectivity index (χ0v) is 24.3. The van der Waals surface area contributed by atoms with E-state index in [0.717, 1.165) is 25.9 Å². The molecule has 0 bridgehead atoms. The van der Waals surface area contributed by atoms with E-state index in [1.165, 1.54) is 12.1 Å². The molecule has 4 fully saturated rings. The summed E-state index contributed by atoms with van der Waals surface area (Å²) in [5.41, 5.74) is 1.50. The Labute approximate surface area is 240 Å². The highest BCUT2D eigenvalue weighted by atomic mass is 19.3. The minimum atomic E-state index is -2.81. The minimum absolute atomic E-state index is 0.149. The van der Waals surface area contributed by atoms with Crippen molar-refractivity contribution in [2.24, 2.45) is 11.3 Å². The Bertz CT molecular complexity index is 1240. The van der Waals surface area contributed by atoms with Crippen LogP contribution < -0.4 is 10.6 Å². The van der Waals surface area contributed by atoms with Gasteiger partial charge in [-0.3, -0.25) is 14.5 Å². The molecule has 4 aliphatic rings. The van der Waals surface area contributed by atoms with Crippen molar-refractivity contribution in [2.45, 2.75) is 64.3 Å². The maximum atomic E-state index is 14.1. The van der Waals surface area contributed by atoms with Gasteiger partial charge in [-0.25, -0.2) is 13.2 Å². The van der Waals surface area contributed by atoms with Gasteiger partial charge in [-0.05, 0) is 55.5 Å². The van der Waals surface area contributed by atoms with Crippen LogP contribution in [0.5, 0.6) is 0 Å². The van der Waals surface area contributed by atoms with Gasteiger partial charge in [0, 0.05) is 68.2 Å². The van der Waals surface area contributed by atoms with Gasteiger partial charge in [0.25, 0.3) is 11.8 Å². The molecule has 0 aromatic heterocycles. The van der Waals surface area contributed by atoms with E-state index in [1.807, 2.05) is 25.7 Å². The van der Waals surface area contributed by atoms with Crippen molar-refractivity contribution < 1.29 is 27.5 Å². The van der Waals surface area contributed by atoms with Crippen molar-refractivity contribution in [1.82, 2.24) is 15.1 Å². The second kappa shape index (κ2) is 11.1. The van der Waals surface area contributed by atoms with Gasteiger partial charge in [-0.1, -0.05) is 20.4 Å². The molecule has 224 valence electrons. The first-order chi connectivity index (χ1) is 19.3. The maximum Gasteiger partial charge on any atom is 0.271 e. The van der Waals surface area contributed by atoms with Crippen LogP contribution in [0.1, 0.15) is 52.0 Å². The summed E-state index contributed by atoms with van der Waals surface area (Å²) in [5.74, 6) is -4.44. The highest BCUT2D eigenvalue weighted by molar-refractivity contribution is 6.04. The molecule has 1 spiro atoms. The molecule has 3 heterocycles. The number of benzene rings is 1. The monoisotopic (exact) mass is 574 g/mol. The number of alkyl halides is 2. The first-order valence-corrected chi connectivity index (χ1v) is 14.6. The molecule has 3 saturated heterocycles. The number of rotatable bonds is 10. The molecule has 1 unspecified atom stereocenters. The quantitative estimate of drug-likeness (QED) is 0.403. The highest BCUT2D eigenvalue weighted by Crippen LogP contribution is 2.48. The van der Waals surface area contributed by atoms with Gasteiger partial charge < -0.3 is 20.3 Å². The van der Waals surface area contributed by atoms with Crippen molar-refractivity contribution >= 4 is 17.5 Å². The molecule has 7 nitrogen and oxygen atoms in total. The zero-order valence-electron chi connectivity index (χ0n) is 24.3. The first-order valence-electron chi connectivity index (χ1n) is 14.6. The summed E-state index contributed by atoms with van der Waals surface area (Å²) in [6.07, 6.45) is 1.58. The molecule has 5 rings (SSSR count). The average Bonchev–Trinajstić information content (AvgIpc) is 3.38. The summed E-state index contributed by atoms with van der Waals surface area (Å²) in [5, 5.41) is 5.82. The summed E-state index contributed by atoms with van der Waals surface area (Å²) in [4.78, 5) is 31.1. The van der Waals surface area contributed by atoms with Gasteiger partial charge in [0.05, 0.1) is 18.8 Å². The number of hydrogen-bond acceptors (Lipinski definition) is 5. The van der Waals surface area contributed by atoms with Gasteiger partial charge >= 0.3 is 0 Å². The fourth-order valence-electron chi connectivity index (χ4n) is 6.80. The largest absolute Gasteiger partial charge is 0.380 e. The summed E-state index contributed by atoms with van der Waals surface area (Å²) < 4.78 is 47.5. The molecule has 2 N–H and O–H groups in total. The standard InChI is InChI=1S/C31H41F3N4O3/c1-5-23-12-24(8-9-25(23)32)35-28(40)26(38-10-6-7-11-38)21(3)20(2)22(4)27(39)36-30(13-31(33,34)14-30)17-37-15-29(16-37)18-41-19-29/h8-9,12,20H,4-7,10-11,13-19H2,1-3H3,(H,35,40)(H,36,39)/b26-21-. The molecule has 10 heteroatoms. The van der Waals surface area contributed by atoms with Crippen LogP contribution >= 0.6 is 0 Å². The molecule has 2 amide bonds. The van der Waals surface area contributed by atoms with E-state index in [0.29, 0.717) is 61.8 Å². The average molecular weight is 575 g/mol. The zero-order chi connectivity index (χ0) is 29.6. The Balaban J connectivity index is 1.30. The maximum absolute atomic E-state index is 14.1.